The summed E-state index contributed by atoms with van der Waals surface area (Å²) in [4.78, 5) is 0.235. The highest BCUT2D eigenvalue weighted by Gasteiger charge is 2.19. The van der Waals surface area contributed by atoms with Gasteiger partial charge in [-0.1, -0.05) is 42.5 Å². The van der Waals surface area contributed by atoms with Gasteiger partial charge in [-0.15, -0.1) is 0 Å². The molecule has 3 rings (SSSR count). The first-order valence-corrected chi connectivity index (χ1v) is 8.33. The molecule has 22 heavy (non-hydrogen) atoms. The molecule has 0 saturated heterocycles. The van der Waals surface area contributed by atoms with Gasteiger partial charge in [0, 0.05) is 22.1 Å². The summed E-state index contributed by atoms with van der Waals surface area (Å²) in [5.41, 5.74) is 7.95. The molecule has 5 heteroatoms. The molecule has 4 nitrogen and oxygen atoms in total. The number of benzene rings is 3. The molecule has 0 spiro atoms. The molecule has 0 atom stereocenters. The number of hydrogen-bond donors (Lipinski definition) is 2. The Bertz CT molecular complexity index is 936. The molecule has 0 saturated carbocycles. The van der Waals surface area contributed by atoms with Gasteiger partial charge in [-0.05, 0) is 30.7 Å². The van der Waals surface area contributed by atoms with E-state index in [2.05, 4.69) is 4.72 Å². The van der Waals surface area contributed by atoms with Crippen LogP contribution in [-0.4, -0.2) is 8.42 Å². The fourth-order valence-electron chi connectivity index (χ4n) is 2.44. The summed E-state index contributed by atoms with van der Waals surface area (Å²) in [7, 11) is -3.68. The molecule has 0 aliphatic carbocycles. The van der Waals surface area contributed by atoms with Crippen LogP contribution in [0.2, 0.25) is 0 Å². The zero-order chi connectivity index (χ0) is 15.7. The van der Waals surface area contributed by atoms with Gasteiger partial charge in [-0.3, -0.25) is 4.72 Å². The van der Waals surface area contributed by atoms with E-state index in [0.717, 1.165) is 10.9 Å². The Balaban J connectivity index is 2.19. The van der Waals surface area contributed by atoms with Gasteiger partial charge in [0.2, 0.25) is 0 Å². The fraction of sp³-hybridized carbons (Fsp3) is 0.0588. The molecule has 0 fully saturated rings. The lowest BCUT2D eigenvalue weighted by molar-refractivity contribution is 0.602. The van der Waals surface area contributed by atoms with E-state index in [1.807, 2.05) is 25.1 Å². The zero-order valence-corrected chi connectivity index (χ0v) is 12.9. The van der Waals surface area contributed by atoms with E-state index in [1.165, 1.54) is 0 Å². The summed E-state index contributed by atoms with van der Waals surface area (Å²) in [6.45, 7) is 1.81. The Morgan fingerprint density at radius 2 is 1.50 bits per heavy atom. The third-order valence-electron chi connectivity index (χ3n) is 3.57. The lowest BCUT2D eigenvalue weighted by Crippen LogP contribution is -2.14. The van der Waals surface area contributed by atoms with E-state index < -0.39 is 10.0 Å². The second kappa shape index (κ2) is 5.35. The van der Waals surface area contributed by atoms with Crippen molar-refractivity contribution >= 4 is 32.2 Å². The van der Waals surface area contributed by atoms with Crippen molar-refractivity contribution in [3.8, 4) is 0 Å². The molecule has 112 valence electrons. The minimum atomic E-state index is -3.68. The molecule has 0 amide bonds. The topological polar surface area (TPSA) is 72.2 Å². The Hall–Kier alpha value is -2.53. The van der Waals surface area contributed by atoms with Crippen LogP contribution in [0.25, 0.3) is 10.8 Å². The molecule has 3 aromatic carbocycles. The largest absolute Gasteiger partial charge is 0.398 e. The summed E-state index contributed by atoms with van der Waals surface area (Å²) in [6.07, 6.45) is 0. The maximum absolute atomic E-state index is 12.7. The molecular formula is C17H16N2O2S. The van der Waals surface area contributed by atoms with Gasteiger partial charge in [0.15, 0.2) is 0 Å². The number of hydrogen-bond acceptors (Lipinski definition) is 3. The van der Waals surface area contributed by atoms with Gasteiger partial charge in [0.25, 0.3) is 10.0 Å². The first-order chi connectivity index (χ1) is 10.5. The lowest BCUT2D eigenvalue weighted by atomic mass is 10.1. The Morgan fingerprint density at radius 3 is 2.18 bits per heavy atom. The van der Waals surface area contributed by atoms with Crippen molar-refractivity contribution in [1.29, 1.82) is 0 Å². The molecule has 0 radical (unpaired) electrons. The average molecular weight is 312 g/mol. The summed E-state index contributed by atoms with van der Waals surface area (Å²) >= 11 is 0. The highest BCUT2D eigenvalue weighted by Crippen LogP contribution is 2.31. The van der Waals surface area contributed by atoms with E-state index >= 15 is 0 Å². The molecule has 0 aliphatic rings. The third-order valence-corrected chi connectivity index (χ3v) is 4.99. The number of rotatable bonds is 3. The van der Waals surface area contributed by atoms with E-state index in [1.54, 1.807) is 42.5 Å². The van der Waals surface area contributed by atoms with E-state index in [0.29, 0.717) is 16.8 Å². The Labute approximate surface area is 129 Å². The summed E-state index contributed by atoms with van der Waals surface area (Å²) in [5, 5.41) is 1.37. The van der Waals surface area contributed by atoms with Crippen molar-refractivity contribution in [2.75, 3.05) is 10.5 Å². The summed E-state index contributed by atoms with van der Waals surface area (Å²) in [6, 6.07) is 17.7. The van der Waals surface area contributed by atoms with Crippen molar-refractivity contribution in [2.45, 2.75) is 11.8 Å². The van der Waals surface area contributed by atoms with Crippen LogP contribution in [0.5, 0.6) is 0 Å². The van der Waals surface area contributed by atoms with Gasteiger partial charge >= 0.3 is 0 Å². The van der Waals surface area contributed by atoms with Crippen LogP contribution < -0.4 is 10.5 Å². The maximum Gasteiger partial charge on any atom is 0.262 e. The predicted octanol–water partition coefficient (Wildman–Crippen LogP) is 3.53. The number of fused-ring (bicyclic) bond motifs is 1. The summed E-state index contributed by atoms with van der Waals surface area (Å²) in [5.74, 6) is 0. The van der Waals surface area contributed by atoms with Crippen LogP contribution >= 0.6 is 0 Å². The van der Waals surface area contributed by atoms with Crippen LogP contribution in [0.15, 0.2) is 65.6 Å². The smallest absolute Gasteiger partial charge is 0.262 e. The highest BCUT2D eigenvalue weighted by molar-refractivity contribution is 7.93. The van der Waals surface area contributed by atoms with Gasteiger partial charge in [0.05, 0.1) is 4.90 Å². The number of nitrogens with two attached hydrogens (primary N) is 1. The quantitative estimate of drug-likeness (QED) is 0.727. The van der Waals surface area contributed by atoms with Gasteiger partial charge in [-0.25, -0.2) is 8.42 Å². The third kappa shape index (κ3) is 2.51. The highest BCUT2D eigenvalue weighted by atomic mass is 32.2. The van der Waals surface area contributed by atoms with Crippen LogP contribution in [0.3, 0.4) is 0 Å². The monoisotopic (exact) mass is 312 g/mol. The van der Waals surface area contributed by atoms with Crippen LogP contribution in [0, 0.1) is 6.92 Å². The fourth-order valence-corrected chi connectivity index (χ4v) is 3.79. The molecule has 0 aromatic heterocycles. The summed E-state index contributed by atoms with van der Waals surface area (Å²) < 4.78 is 28.1. The van der Waals surface area contributed by atoms with Crippen LogP contribution in [-0.2, 0) is 10.0 Å². The molecule has 3 N–H and O–H groups in total. The van der Waals surface area contributed by atoms with Crippen molar-refractivity contribution in [3.63, 3.8) is 0 Å². The minimum Gasteiger partial charge on any atom is -0.398 e. The predicted molar refractivity (Wildman–Crippen MR) is 90.3 cm³/mol. The maximum atomic E-state index is 12.7. The molecule has 0 aliphatic heterocycles. The number of nitrogen functional groups attached to an aromatic ring is 1. The Kier molecular flexibility index (Phi) is 3.50. The number of para-hydroxylation sites is 1. The normalized spacial score (nSPS) is 11.5. The minimum absolute atomic E-state index is 0.235. The van der Waals surface area contributed by atoms with E-state index in [9.17, 15) is 8.42 Å². The molecular weight excluding hydrogens is 296 g/mol. The molecule has 0 heterocycles. The van der Waals surface area contributed by atoms with Crippen molar-refractivity contribution < 1.29 is 8.42 Å². The van der Waals surface area contributed by atoms with Crippen LogP contribution in [0.1, 0.15) is 5.56 Å². The van der Waals surface area contributed by atoms with Gasteiger partial charge < -0.3 is 5.73 Å². The van der Waals surface area contributed by atoms with E-state index in [-0.39, 0.29) is 4.90 Å². The zero-order valence-electron chi connectivity index (χ0n) is 12.1. The molecule has 3 aromatic rings. The van der Waals surface area contributed by atoms with Crippen LogP contribution in [0.4, 0.5) is 11.4 Å². The number of sulfonamides is 1. The first kappa shape index (κ1) is 14.4. The second-order valence-corrected chi connectivity index (χ2v) is 6.77. The van der Waals surface area contributed by atoms with Crippen molar-refractivity contribution in [1.82, 2.24) is 0 Å². The molecule has 0 unspecified atom stereocenters. The Morgan fingerprint density at radius 1 is 0.909 bits per heavy atom. The van der Waals surface area contributed by atoms with Crippen molar-refractivity contribution in [2.24, 2.45) is 0 Å². The standard InChI is InChI=1S/C17H16N2O2S/c1-12-11-16(14-9-5-6-10-15(14)17(12)18)22(20,21)19-13-7-3-2-4-8-13/h2-11,19H,18H2,1H3. The number of aryl methyl sites for hydroxylation is 1. The molecule has 0 bridgehead atoms. The first-order valence-electron chi connectivity index (χ1n) is 6.85. The van der Waals surface area contributed by atoms with Crippen molar-refractivity contribution in [3.05, 3.63) is 66.2 Å². The van der Waals surface area contributed by atoms with Gasteiger partial charge in [0.1, 0.15) is 0 Å². The number of nitrogens with one attached hydrogen (secondary N) is 1. The average Bonchev–Trinajstić information content (AvgIpc) is 2.51. The lowest BCUT2D eigenvalue weighted by Gasteiger charge is -2.13. The van der Waals surface area contributed by atoms with Gasteiger partial charge in [-0.2, -0.15) is 0 Å². The SMILES string of the molecule is Cc1cc(S(=O)(=O)Nc2ccccc2)c2ccccc2c1N. The number of anilines is 2. The second-order valence-electron chi connectivity index (χ2n) is 5.12. The van der Waals surface area contributed by atoms with E-state index in [4.69, 9.17) is 5.73 Å².